The summed E-state index contributed by atoms with van der Waals surface area (Å²) in [6.07, 6.45) is 0.117. The minimum Gasteiger partial charge on any atom is -0.449 e. The fourth-order valence-electron chi connectivity index (χ4n) is 3.26. The van der Waals surface area contributed by atoms with Crippen LogP contribution in [-0.4, -0.2) is 62.2 Å². The fraction of sp³-hybridized carbons (Fsp3) is 0.318. The minimum atomic E-state index is -3.76. The van der Waals surface area contributed by atoms with Gasteiger partial charge in [-0.15, -0.1) is 0 Å². The van der Waals surface area contributed by atoms with Crippen molar-refractivity contribution in [2.24, 2.45) is 0 Å². The van der Waals surface area contributed by atoms with E-state index in [1.54, 1.807) is 0 Å². The zero-order valence-electron chi connectivity index (χ0n) is 17.7. The lowest BCUT2D eigenvalue weighted by Crippen LogP contribution is -2.43. The number of ether oxygens (including phenoxy) is 1. The molecule has 2 amide bonds. The average Bonchev–Trinajstić information content (AvgIpc) is 2.95. The van der Waals surface area contributed by atoms with E-state index in [0.717, 1.165) is 21.3 Å². The highest BCUT2D eigenvalue weighted by Gasteiger charge is 2.34. The molecule has 2 aromatic carbocycles. The number of nitrogens with zero attached hydrogens (tertiary/aromatic N) is 2. The van der Waals surface area contributed by atoms with Gasteiger partial charge in [-0.25, -0.2) is 21.9 Å². The molecule has 1 aliphatic rings. The van der Waals surface area contributed by atoms with Crippen LogP contribution < -0.4 is 0 Å². The molecular weight excluding hydrogens is 439 g/mol. The molecule has 10 heteroatoms. The van der Waals surface area contributed by atoms with E-state index in [1.807, 2.05) is 0 Å². The molecule has 1 heterocycles. The second-order valence-electron chi connectivity index (χ2n) is 7.51. The molecule has 1 saturated heterocycles. The third-order valence-electron chi connectivity index (χ3n) is 5.07. The van der Waals surface area contributed by atoms with Gasteiger partial charge in [-0.05, 0) is 61.7 Å². The smallest absolute Gasteiger partial charge is 0.338 e. The molecular formula is C22H23FN2O6S. The Hall–Kier alpha value is -3.11. The summed E-state index contributed by atoms with van der Waals surface area (Å²) in [5, 5.41) is 0. The summed E-state index contributed by atoms with van der Waals surface area (Å²) in [5.41, 5.74) is 0.120. The van der Waals surface area contributed by atoms with Crippen molar-refractivity contribution in [1.29, 1.82) is 0 Å². The lowest BCUT2D eigenvalue weighted by Gasteiger charge is -2.23. The fourth-order valence-corrected chi connectivity index (χ4v) is 4.21. The molecule has 1 atom stereocenters. The lowest BCUT2D eigenvalue weighted by molar-refractivity contribution is -0.137. The Morgan fingerprint density at radius 1 is 1.06 bits per heavy atom. The Balaban J connectivity index is 1.79. The van der Waals surface area contributed by atoms with Crippen molar-refractivity contribution in [2.45, 2.75) is 30.3 Å². The van der Waals surface area contributed by atoms with Crippen LogP contribution in [0.15, 0.2) is 53.4 Å². The van der Waals surface area contributed by atoms with Crippen molar-refractivity contribution in [3.63, 3.8) is 0 Å². The van der Waals surface area contributed by atoms with E-state index in [4.69, 9.17) is 4.74 Å². The first-order valence-corrected chi connectivity index (χ1v) is 11.4. The van der Waals surface area contributed by atoms with E-state index in [0.29, 0.717) is 12.8 Å². The summed E-state index contributed by atoms with van der Waals surface area (Å²) in [6, 6.07) is 10.2. The van der Waals surface area contributed by atoms with E-state index in [1.165, 1.54) is 50.5 Å². The molecule has 0 bridgehead atoms. The third-order valence-corrected chi connectivity index (χ3v) is 6.88. The summed E-state index contributed by atoms with van der Waals surface area (Å²) in [7, 11) is -1.01. The summed E-state index contributed by atoms with van der Waals surface area (Å²) in [4.78, 5) is 39.3. The molecule has 0 radical (unpaired) electrons. The standard InChI is InChI=1S/C22H23FN2O6S/c1-24(2)32(29,30)18-7-5-6-16(14-18)22(28)31-19-8-3-4-13-25(21(19)27)20(26)15-9-11-17(23)12-10-15/h5-7,9-12,14,19H,3-4,8,13H2,1-2H3. The normalized spacial score (nSPS) is 17.2. The maximum atomic E-state index is 13.2. The quantitative estimate of drug-likeness (QED) is 0.500. The van der Waals surface area contributed by atoms with E-state index in [2.05, 4.69) is 0 Å². The molecule has 0 N–H and O–H groups in total. The van der Waals surface area contributed by atoms with Crippen molar-refractivity contribution >= 4 is 27.8 Å². The predicted molar refractivity (Wildman–Crippen MR) is 113 cm³/mol. The Bertz CT molecular complexity index is 1130. The minimum absolute atomic E-state index is 0.0265. The highest BCUT2D eigenvalue weighted by Crippen LogP contribution is 2.21. The number of rotatable bonds is 5. The molecule has 3 rings (SSSR count). The van der Waals surface area contributed by atoms with Crippen LogP contribution in [0.25, 0.3) is 0 Å². The largest absolute Gasteiger partial charge is 0.449 e. The van der Waals surface area contributed by atoms with Crippen LogP contribution in [0.1, 0.15) is 40.0 Å². The zero-order valence-corrected chi connectivity index (χ0v) is 18.5. The Morgan fingerprint density at radius 2 is 1.75 bits per heavy atom. The molecule has 170 valence electrons. The maximum Gasteiger partial charge on any atom is 0.338 e. The van der Waals surface area contributed by atoms with Crippen LogP contribution in [0.2, 0.25) is 0 Å². The molecule has 0 saturated carbocycles. The molecule has 1 fully saturated rings. The Labute approximate surface area is 185 Å². The number of likely N-dealkylation sites (tertiary alicyclic amines) is 1. The second kappa shape index (κ2) is 9.58. The molecule has 1 aliphatic heterocycles. The Kier molecular flexibility index (Phi) is 7.05. The van der Waals surface area contributed by atoms with Crippen LogP contribution in [0.3, 0.4) is 0 Å². The van der Waals surface area contributed by atoms with Gasteiger partial charge in [0.2, 0.25) is 10.0 Å². The Morgan fingerprint density at radius 3 is 2.41 bits per heavy atom. The molecule has 0 aromatic heterocycles. The molecule has 32 heavy (non-hydrogen) atoms. The summed E-state index contributed by atoms with van der Waals surface area (Å²) >= 11 is 0. The van der Waals surface area contributed by atoms with Gasteiger partial charge in [0, 0.05) is 26.2 Å². The van der Waals surface area contributed by atoms with E-state index in [-0.39, 0.29) is 29.0 Å². The number of carbonyl (C=O) groups is 3. The average molecular weight is 462 g/mol. The van der Waals surface area contributed by atoms with Crippen molar-refractivity contribution in [3.8, 4) is 0 Å². The van der Waals surface area contributed by atoms with Gasteiger partial charge < -0.3 is 4.74 Å². The van der Waals surface area contributed by atoms with Crippen LogP contribution >= 0.6 is 0 Å². The maximum absolute atomic E-state index is 13.2. The highest BCUT2D eigenvalue weighted by molar-refractivity contribution is 7.89. The second-order valence-corrected chi connectivity index (χ2v) is 9.66. The van der Waals surface area contributed by atoms with Crippen molar-refractivity contribution in [3.05, 3.63) is 65.5 Å². The van der Waals surface area contributed by atoms with Crippen molar-refractivity contribution < 1.29 is 31.9 Å². The van der Waals surface area contributed by atoms with Crippen LogP contribution in [0.5, 0.6) is 0 Å². The first-order chi connectivity index (χ1) is 15.1. The SMILES string of the molecule is CN(C)S(=O)(=O)c1cccc(C(=O)OC2CCCCN(C(=O)c3ccc(F)cc3)C2=O)c1. The van der Waals surface area contributed by atoms with E-state index < -0.39 is 39.7 Å². The first-order valence-electron chi connectivity index (χ1n) is 9.96. The van der Waals surface area contributed by atoms with Crippen molar-refractivity contribution in [1.82, 2.24) is 9.21 Å². The van der Waals surface area contributed by atoms with E-state index in [9.17, 15) is 27.2 Å². The zero-order chi connectivity index (χ0) is 23.5. The van der Waals surface area contributed by atoms with Gasteiger partial charge in [-0.3, -0.25) is 14.5 Å². The number of halogens is 1. The molecule has 2 aromatic rings. The van der Waals surface area contributed by atoms with Crippen molar-refractivity contribution in [2.75, 3.05) is 20.6 Å². The van der Waals surface area contributed by atoms with Gasteiger partial charge in [-0.1, -0.05) is 6.07 Å². The topological polar surface area (TPSA) is 101 Å². The number of carbonyl (C=O) groups excluding carboxylic acids is 3. The number of hydrogen-bond donors (Lipinski definition) is 0. The van der Waals surface area contributed by atoms with Crippen LogP contribution in [0.4, 0.5) is 4.39 Å². The lowest BCUT2D eigenvalue weighted by atomic mass is 10.1. The number of benzene rings is 2. The van der Waals surface area contributed by atoms with Gasteiger partial charge in [0.1, 0.15) is 5.82 Å². The number of imide groups is 1. The summed E-state index contributed by atoms with van der Waals surface area (Å²) in [5.74, 6) is -2.64. The van der Waals surface area contributed by atoms with Gasteiger partial charge in [0.15, 0.2) is 6.10 Å². The van der Waals surface area contributed by atoms with Gasteiger partial charge in [0.25, 0.3) is 11.8 Å². The molecule has 8 nitrogen and oxygen atoms in total. The van der Waals surface area contributed by atoms with E-state index >= 15 is 0 Å². The summed E-state index contributed by atoms with van der Waals surface area (Å²) in [6.45, 7) is 0.152. The predicted octanol–water partition coefficient (Wildman–Crippen LogP) is 2.45. The highest BCUT2D eigenvalue weighted by atomic mass is 32.2. The van der Waals surface area contributed by atoms with Gasteiger partial charge in [0.05, 0.1) is 10.5 Å². The van der Waals surface area contributed by atoms with Crippen LogP contribution in [0, 0.1) is 5.82 Å². The molecule has 0 spiro atoms. The number of hydrogen-bond acceptors (Lipinski definition) is 6. The number of sulfonamides is 1. The van der Waals surface area contributed by atoms with Gasteiger partial charge in [-0.2, -0.15) is 0 Å². The van der Waals surface area contributed by atoms with Crippen LogP contribution in [-0.2, 0) is 19.6 Å². The molecule has 1 unspecified atom stereocenters. The third kappa shape index (κ3) is 5.03. The van der Waals surface area contributed by atoms with Gasteiger partial charge >= 0.3 is 5.97 Å². The summed E-state index contributed by atoms with van der Waals surface area (Å²) < 4.78 is 44.2. The monoisotopic (exact) mass is 462 g/mol. The molecule has 0 aliphatic carbocycles. The first kappa shape index (κ1) is 23.6. The number of esters is 1. The number of amides is 2.